The van der Waals surface area contributed by atoms with Crippen molar-refractivity contribution < 1.29 is 13.9 Å². The number of furan rings is 1. The van der Waals surface area contributed by atoms with E-state index in [1.165, 1.54) is 12.8 Å². The fourth-order valence-corrected chi connectivity index (χ4v) is 2.45. The average molecular weight is 281 g/mol. The number of rotatable bonds is 8. The van der Waals surface area contributed by atoms with Crippen LogP contribution in [0.1, 0.15) is 24.6 Å². The minimum absolute atomic E-state index is 0.0576. The Labute approximate surface area is 119 Å². The zero-order chi connectivity index (χ0) is 14.2. The van der Waals surface area contributed by atoms with E-state index in [-0.39, 0.29) is 18.6 Å². The molecule has 112 valence electrons. The van der Waals surface area contributed by atoms with Crippen molar-refractivity contribution in [1.82, 2.24) is 10.2 Å². The van der Waals surface area contributed by atoms with Gasteiger partial charge in [0, 0.05) is 13.1 Å². The molecule has 0 spiro atoms. The first-order valence-electron chi connectivity index (χ1n) is 7.13. The smallest absolute Gasteiger partial charge is 0.246 e. The molecule has 1 amide bonds. The normalized spacial score (nSPS) is 17.2. The maximum absolute atomic E-state index is 11.7. The molecule has 1 aromatic heterocycles. The van der Waals surface area contributed by atoms with Crippen LogP contribution in [0.2, 0.25) is 0 Å². The van der Waals surface area contributed by atoms with Gasteiger partial charge in [-0.1, -0.05) is 0 Å². The fourth-order valence-electron chi connectivity index (χ4n) is 2.45. The third-order valence-corrected chi connectivity index (χ3v) is 3.44. The van der Waals surface area contributed by atoms with Crippen molar-refractivity contribution in [2.75, 3.05) is 39.4 Å². The van der Waals surface area contributed by atoms with E-state index in [1.54, 1.807) is 6.26 Å². The number of carbonyl (C=O) groups is 1. The van der Waals surface area contributed by atoms with Crippen LogP contribution in [0.4, 0.5) is 0 Å². The minimum Gasteiger partial charge on any atom is -0.468 e. The minimum atomic E-state index is -0.116. The molecule has 20 heavy (non-hydrogen) atoms. The van der Waals surface area contributed by atoms with Gasteiger partial charge in [0.2, 0.25) is 5.91 Å². The highest BCUT2D eigenvalue weighted by Gasteiger charge is 2.25. The predicted octanol–water partition coefficient (Wildman–Crippen LogP) is 0.508. The third kappa shape index (κ3) is 4.33. The number of nitrogens with two attached hydrogens (primary N) is 1. The number of likely N-dealkylation sites (tertiary alicyclic amines) is 1. The molecule has 0 aromatic carbocycles. The van der Waals surface area contributed by atoms with Crippen molar-refractivity contribution in [3.63, 3.8) is 0 Å². The molecule has 6 heteroatoms. The lowest BCUT2D eigenvalue weighted by Crippen LogP contribution is -2.38. The van der Waals surface area contributed by atoms with Gasteiger partial charge in [0.05, 0.1) is 18.9 Å². The Morgan fingerprint density at radius 3 is 2.95 bits per heavy atom. The van der Waals surface area contributed by atoms with Crippen LogP contribution < -0.4 is 11.1 Å². The van der Waals surface area contributed by atoms with Crippen LogP contribution in [0.25, 0.3) is 0 Å². The summed E-state index contributed by atoms with van der Waals surface area (Å²) >= 11 is 0. The van der Waals surface area contributed by atoms with E-state index < -0.39 is 0 Å². The van der Waals surface area contributed by atoms with Crippen LogP contribution in [0.3, 0.4) is 0 Å². The molecule has 1 fully saturated rings. The fraction of sp³-hybridized carbons (Fsp3) is 0.643. The van der Waals surface area contributed by atoms with Crippen LogP contribution in [0, 0.1) is 0 Å². The Hall–Kier alpha value is -1.37. The van der Waals surface area contributed by atoms with Gasteiger partial charge in [-0.2, -0.15) is 0 Å². The summed E-state index contributed by atoms with van der Waals surface area (Å²) in [6, 6.07) is 3.94. The quantitative estimate of drug-likeness (QED) is 0.679. The largest absolute Gasteiger partial charge is 0.468 e. The van der Waals surface area contributed by atoms with Crippen LogP contribution >= 0.6 is 0 Å². The van der Waals surface area contributed by atoms with Crippen molar-refractivity contribution in [2.24, 2.45) is 5.73 Å². The van der Waals surface area contributed by atoms with Gasteiger partial charge in [0.1, 0.15) is 12.4 Å². The monoisotopic (exact) mass is 281 g/mol. The number of nitrogens with one attached hydrogen (secondary N) is 1. The van der Waals surface area contributed by atoms with Gasteiger partial charge in [-0.05, 0) is 38.1 Å². The summed E-state index contributed by atoms with van der Waals surface area (Å²) in [5, 5.41) is 2.90. The summed E-state index contributed by atoms with van der Waals surface area (Å²) in [4.78, 5) is 14.0. The van der Waals surface area contributed by atoms with Gasteiger partial charge < -0.3 is 20.2 Å². The number of amides is 1. The van der Waals surface area contributed by atoms with Crippen LogP contribution in [-0.4, -0.2) is 50.2 Å². The molecule has 2 heterocycles. The van der Waals surface area contributed by atoms with Crippen LogP contribution in [0.5, 0.6) is 0 Å². The van der Waals surface area contributed by atoms with Gasteiger partial charge in [0.25, 0.3) is 0 Å². The molecule has 0 saturated carbocycles. The zero-order valence-electron chi connectivity index (χ0n) is 11.7. The predicted molar refractivity (Wildman–Crippen MR) is 75.1 cm³/mol. The molecule has 0 bridgehead atoms. The molecule has 0 aliphatic carbocycles. The molecule has 2 rings (SSSR count). The Balaban J connectivity index is 1.83. The number of nitrogens with zero attached hydrogens (tertiary/aromatic N) is 1. The van der Waals surface area contributed by atoms with Gasteiger partial charge in [0.15, 0.2) is 0 Å². The van der Waals surface area contributed by atoms with Crippen molar-refractivity contribution in [1.29, 1.82) is 0 Å². The third-order valence-electron chi connectivity index (χ3n) is 3.44. The van der Waals surface area contributed by atoms with Gasteiger partial charge in [-0.25, -0.2) is 0 Å². The summed E-state index contributed by atoms with van der Waals surface area (Å²) in [6.07, 6.45) is 4.07. The number of hydrogen-bond donors (Lipinski definition) is 2. The number of carbonyl (C=O) groups excluding carboxylic acids is 1. The van der Waals surface area contributed by atoms with Crippen molar-refractivity contribution >= 4 is 5.91 Å². The summed E-state index contributed by atoms with van der Waals surface area (Å²) < 4.78 is 10.6. The van der Waals surface area contributed by atoms with Crippen molar-refractivity contribution in [2.45, 2.75) is 18.9 Å². The summed E-state index contributed by atoms with van der Waals surface area (Å²) in [5.41, 5.74) is 5.31. The Kier molecular flexibility index (Phi) is 6.04. The molecule has 6 nitrogen and oxygen atoms in total. The molecule has 1 unspecified atom stereocenters. The molecule has 1 aromatic rings. The van der Waals surface area contributed by atoms with Crippen molar-refractivity contribution in [3.05, 3.63) is 24.2 Å². The van der Waals surface area contributed by atoms with Crippen LogP contribution in [-0.2, 0) is 9.53 Å². The lowest BCUT2D eigenvalue weighted by Gasteiger charge is -2.25. The lowest BCUT2D eigenvalue weighted by atomic mass is 10.2. The van der Waals surface area contributed by atoms with E-state index in [0.29, 0.717) is 19.7 Å². The highest BCUT2D eigenvalue weighted by molar-refractivity contribution is 5.77. The second-order valence-electron chi connectivity index (χ2n) is 4.92. The highest BCUT2D eigenvalue weighted by Crippen LogP contribution is 2.24. The first kappa shape index (κ1) is 15.0. The maximum Gasteiger partial charge on any atom is 0.246 e. The molecule has 1 aliphatic rings. The second-order valence-corrected chi connectivity index (χ2v) is 4.92. The first-order chi connectivity index (χ1) is 9.81. The molecular weight excluding hydrogens is 258 g/mol. The number of hydrogen-bond acceptors (Lipinski definition) is 5. The van der Waals surface area contributed by atoms with E-state index in [2.05, 4.69) is 10.2 Å². The standard InChI is InChI=1S/C14H23N3O3/c15-5-9-19-11-14(18)16-10-12(13-4-3-8-20-13)17-6-1-2-7-17/h3-4,8,12H,1-2,5-7,9-11,15H2,(H,16,18). The average Bonchev–Trinajstić information content (AvgIpc) is 3.12. The van der Waals surface area contributed by atoms with E-state index in [9.17, 15) is 4.79 Å². The van der Waals surface area contributed by atoms with Gasteiger partial charge in [-0.15, -0.1) is 0 Å². The summed E-state index contributed by atoms with van der Waals surface area (Å²) in [7, 11) is 0. The molecular formula is C14H23N3O3. The summed E-state index contributed by atoms with van der Waals surface area (Å²) in [5.74, 6) is 0.782. The topological polar surface area (TPSA) is 80.7 Å². The molecule has 3 N–H and O–H groups in total. The Bertz CT molecular complexity index is 388. The molecule has 1 saturated heterocycles. The van der Waals surface area contributed by atoms with Crippen molar-refractivity contribution in [3.8, 4) is 0 Å². The van der Waals surface area contributed by atoms with Gasteiger partial charge >= 0.3 is 0 Å². The van der Waals surface area contributed by atoms with E-state index in [4.69, 9.17) is 14.9 Å². The molecule has 1 atom stereocenters. The van der Waals surface area contributed by atoms with Crippen LogP contribution in [0.15, 0.2) is 22.8 Å². The Morgan fingerprint density at radius 2 is 2.30 bits per heavy atom. The maximum atomic E-state index is 11.7. The molecule has 0 radical (unpaired) electrons. The van der Waals surface area contributed by atoms with E-state index >= 15 is 0 Å². The second kappa shape index (κ2) is 8.04. The highest BCUT2D eigenvalue weighted by atomic mass is 16.5. The lowest BCUT2D eigenvalue weighted by molar-refractivity contribution is -0.125. The van der Waals surface area contributed by atoms with Gasteiger partial charge in [-0.3, -0.25) is 9.69 Å². The molecule has 1 aliphatic heterocycles. The summed E-state index contributed by atoms with van der Waals surface area (Å²) in [6.45, 7) is 3.52. The number of ether oxygens (including phenoxy) is 1. The van der Waals surface area contributed by atoms with E-state index in [0.717, 1.165) is 18.8 Å². The SMILES string of the molecule is NCCOCC(=O)NCC(c1ccco1)N1CCCC1. The first-order valence-corrected chi connectivity index (χ1v) is 7.13. The van der Waals surface area contributed by atoms with E-state index in [1.807, 2.05) is 12.1 Å². The zero-order valence-corrected chi connectivity index (χ0v) is 11.7. The Morgan fingerprint density at radius 1 is 1.50 bits per heavy atom.